The van der Waals surface area contributed by atoms with Crippen LogP contribution in [0.3, 0.4) is 0 Å². The van der Waals surface area contributed by atoms with Gasteiger partial charge in [-0.1, -0.05) is 24.3 Å². The van der Waals surface area contributed by atoms with Crippen molar-refractivity contribution in [3.8, 4) is 11.3 Å². The highest BCUT2D eigenvalue weighted by Gasteiger charge is 2.39. The Morgan fingerprint density at radius 3 is 2.50 bits per heavy atom. The van der Waals surface area contributed by atoms with Crippen LogP contribution in [-0.4, -0.2) is 28.3 Å². The fourth-order valence-electron chi connectivity index (χ4n) is 3.66. The summed E-state index contributed by atoms with van der Waals surface area (Å²) >= 11 is 0. The van der Waals surface area contributed by atoms with E-state index in [1.54, 1.807) is 6.20 Å². The lowest BCUT2D eigenvalue weighted by molar-refractivity contribution is 0.339. The Morgan fingerprint density at radius 1 is 1.05 bits per heavy atom. The van der Waals surface area contributed by atoms with Gasteiger partial charge in [0.05, 0.1) is 5.69 Å². The molecule has 0 radical (unpaired) electrons. The maximum absolute atomic E-state index is 5.98. The lowest BCUT2D eigenvalue weighted by Crippen LogP contribution is -2.38. The second-order valence-electron chi connectivity index (χ2n) is 6.82. The van der Waals surface area contributed by atoms with Crippen LogP contribution in [0.15, 0.2) is 36.5 Å². The van der Waals surface area contributed by atoms with Crippen LogP contribution in [0, 0.1) is 0 Å². The first-order valence-corrected chi connectivity index (χ1v) is 8.41. The van der Waals surface area contributed by atoms with E-state index in [1.165, 1.54) is 43.2 Å². The van der Waals surface area contributed by atoms with Crippen molar-refractivity contribution in [3.05, 3.63) is 42.1 Å². The van der Waals surface area contributed by atoms with Crippen LogP contribution >= 0.6 is 0 Å². The zero-order valence-electron chi connectivity index (χ0n) is 12.8. The van der Waals surface area contributed by atoms with E-state index in [1.807, 2.05) is 6.07 Å². The molecule has 4 nitrogen and oxygen atoms in total. The third-order valence-corrected chi connectivity index (χ3v) is 5.16. The standard InChI is InChI=1S/C18H24N4/c19-14-5-7-15(8-6-14)21-18-11-16(18)12-1-3-13(4-2-12)17-9-10-20-22-17/h1-4,9-10,14-16,18,21H,5-8,11,19H2,(H,20,22)/t14-,15-,16-,18+/m1/s1. The normalized spacial score (nSPS) is 31.1. The largest absolute Gasteiger partial charge is 0.328 e. The highest BCUT2D eigenvalue weighted by molar-refractivity contribution is 5.59. The molecule has 4 heteroatoms. The number of nitrogens with zero attached hydrogens (tertiary/aromatic N) is 1. The zero-order chi connectivity index (χ0) is 14.9. The fourth-order valence-corrected chi connectivity index (χ4v) is 3.66. The Bertz CT molecular complexity index is 597. The van der Waals surface area contributed by atoms with Gasteiger partial charge in [-0.15, -0.1) is 0 Å². The molecular weight excluding hydrogens is 272 g/mol. The van der Waals surface area contributed by atoms with E-state index in [0.717, 1.165) is 5.69 Å². The number of hydrogen-bond acceptors (Lipinski definition) is 3. The van der Waals surface area contributed by atoms with Gasteiger partial charge in [-0.3, -0.25) is 5.10 Å². The summed E-state index contributed by atoms with van der Waals surface area (Å²) in [5, 5.41) is 10.9. The molecule has 1 aromatic carbocycles. The number of nitrogens with two attached hydrogens (primary N) is 1. The third-order valence-electron chi connectivity index (χ3n) is 5.16. The Hall–Kier alpha value is -1.65. The molecule has 2 atom stereocenters. The Kier molecular flexibility index (Phi) is 3.72. The Morgan fingerprint density at radius 2 is 1.82 bits per heavy atom. The summed E-state index contributed by atoms with van der Waals surface area (Å²) in [6.45, 7) is 0. The monoisotopic (exact) mass is 296 g/mol. The van der Waals surface area contributed by atoms with E-state index >= 15 is 0 Å². The minimum Gasteiger partial charge on any atom is -0.328 e. The zero-order valence-corrected chi connectivity index (χ0v) is 12.8. The molecule has 0 aliphatic heterocycles. The van der Waals surface area contributed by atoms with E-state index < -0.39 is 0 Å². The van der Waals surface area contributed by atoms with Crippen molar-refractivity contribution in [2.75, 3.05) is 0 Å². The van der Waals surface area contributed by atoms with Crippen LogP contribution < -0.4 is 11.1 Å². The van der Waals surface area contributed by atoms with Gasteiger partial charge in [-0.25, -0.2) is 0 Å². The van der Waals surface area contributed by atoms with Gasteiger partial charge >= 0.3 is 0 Å². The fraction of sp³-hybridized carbons (Fsp3) is 0.500. The van der Waals surface area contributed by atoms with Crippen LogP contribution in [0.2, 0.25) is 0 Å². The molecule has 0 unspecified atom stereocenters. The van der Waals surface area contributed by atoms with Crippen molar-refractivity contribution in [1.29, 1.82) is 0 Å². The molecule has 1 heterocycles. The number of H-pyrrole nitrogens is 1. The van der Waals surface area contributed by atoms with Crippen molar-refractivity contribution in [2.24, 2.45) is 5.73 Å². The SMILES string of the molecule is N[C@H]1CC[C@H](N[C@H]2C[C@@H]2c2ccc(-c3ccn[nH]3)cc2)CC1. The summed E-state index contributed by atoms with van der Waals surface area (Å²) in [5.41, 5.74) is 9.71. The first-order chi connectivity index (χ1) is 10.8. The molecule has 2 aliphatic rings. The summed E-state index contributed by atoms with van der Waals surface area (Å²) in [7, 11) is 0. The molecule has 2 saturated carbocycles. The van der Waals surface area contributed by atoms with Gasteiger partial charge < -0.3 is 11.1 Å². The molecule has 2 aromatic rings. The van der Waals surface area contributed by atoms with Gasteiger partial charge in [0.15, 0.2) is 0 Å². The maximum Gasteiger partial charge on any atom is 0.0650 e. The molecule has 22 heavy (non-hydrogen) atoms. The van der Waals surface area contributed by atoms with Crippen molar-refractivity contribution < 1.29 is 0 Å². The minimum atomic E-state index is 0.433. The summed E-state index contributed by atoms with van der Waals surface area (Å²) in [6.07, 6.45) is 7.89. The quantitative estimate of drug-likeness (QED) is 0.813. The highest BCUT2D eigenvalue weighted by atomic mass is 15.1. The van der Waals surface area contributed by atoms with Gasteiger partial charge in [-0.05, 0) is 49.3 Å². The molecule has 2 aliphatic carbocycles. The summed E-state index contributed by atoms with van der Waals surface area (Å²) in [6, 6.07) is 12.7. The second-order valence-corrected chi connectivity index (χ2v) is 6.82. The number of aromatic nitrogens is 2. The van der Waals surface area contributed by atoms with E-state index in [9.17, 15) is 0 Å². The molecule has 0 amide bonds. The second kappa shape index (κ2) is 5.86. The van der Waals surface area contributed by atoms with Crippen molar-refractivity contribution in [2.45, 2.75) is 56.1 Å². The Balaban J connectivity index is 1.34. The van der Waals surface area contributed by atoms with E-state index in [2.05, 4.69) is 39.8 Å². The van der Waals surface area contributed by atoms with Gasteiger partial charge in [0, 0.05) is 30.2 Å². The molecule has 0 spiro atoms. The summed E-state index contributed by atoms with van der Waals surface area (Å²) in [4.78, 5) is 0. The third kappa shape index (κ3) is 2.94. The minimum absolute atomic E-state index is 0.433. The molecule has 0 bridgehead atoms. The molecular formula is C18H24N4. The first-order valence-electron chi connectivity index (χ1n) is 8.41. The van der Waals surface area contributed by atoms with Gasteiger partial charge in [-0.2, -0.15) is 5.10 Å². The lowest BCUT2D eigenvalue weighted by Gasteiger charge is -2.27. The van der Waals surface area contributed by atoms with Crippen molar-refractivity contribution in [3.63, 3.8) is 0 Å². The molecule has 2 fully saturated rings. The van der Waals surface area contributed by atoms with Crippen molar-refractivity contribution >= 4 is 0 Å². The molecule has 116 valence electrons. The molecule has 0 saturated heterocycles. The molecule has 1 aromatic heterocycles. The molecule has 4 N–H and O–H groups in total. The highest BCUT2D eigenvalue weighted by Crippen LogP contribution is 2.42. The summed E-state index contributed by atoms with van der Waals surface area (Å²) in [5.74, 6) is 0.686. The van der Waals surface area contributed by atoms with Crippen LogP contribution in [0.1, 0.15) is 43.6 Å². The smallest absolute Gasteiger partial charge is 0.0650 e. The first kappa shape index (κ1) is 14.0. The van der Waals surface area contributed by atoms with Gasteiger partial charge in [0.25, 0.3) is 0 Å². The average molecular weight is 296 g/mol. The maximum atomic E-state index is 5.98. The van der Waals surface area contributed by atoms with E-state index in [-0.39, 0.29) is 0 Å². The van der Waals surface area contributed by atoms with Crippen LogP contribution in [0.5, 0.6) is 0 Å². The molecule has 4 rings (SSSR count). The average Bonchev–Trinajstić information content (AvgIpc) is 3.09. The van der Waals surface area contributed by atoms with Crippen molar-refractivity contribution in [1.82, 2.24) is 15.5 Å². The number of hydrogen-bond donors (Lipinski definition) is 3. The number of aromatic amines is 1. The Labute approximate surface area is 131 Å². The van der Waals surface area contributed by atoms with Gasteiger partial charge in [0.1, 0.15) is 0 Å². The number of benzene rings is 1. The number of nitrogens with one attached hydrogen (secondary N) is 2. The number of rotatable bonds is 4. The summed E-state index contributed by atoms with van der Waals surface area (Å²) < 4.78 is 0. The van der Waals surface area contributed by atoms with Crippen LogP contribution in [0.25, 0.3) is 11.3 Å². The van der Waals surface area contributed by atoms with Gasteiger partial charge in [0.2, 0.25) is 0 Å². The lowest BCUT2D eigenvalue weighted by atomic mass is 9.92. The topological polar surface area (TPSA) is 66.7 Å². The van der Waals surface area contributed by atoms with Crippen LogP contribution in [0.4, 0.5) is 0 Å². The van der Waals surface area contributed by atoms with E-state index in [0.29, 0.717) is 24.0 Å². The predicted octanol–water partition coefficient (Wildman–Crippen LogP) is 2.79. The predicted molar refractivity (Wildman–Crippen MR) is 88.5 cm³/mol. The van der Waals surface area contributed by atoms with Crippen LogP contribution in [-0.2, 0) is 0 Å². The van der Waals surface area contributed by atoms with E-state index in [4.69, 9.17) is 5.73 Å².